The van der Waals surface area contributed by atoms with Gasteiger partial charge in [0, 0.05) is 32.3 Å². The molecule has 168 valence electrons. The molecular weight excluding hydrogens is 426 g/mol. The van der Waals surface area contributed by atoms with Crippen LogP contribution in [-0.2, 0) is 29.2 Å². The Labute approximate surface area is 183 Å². The average Bonchev–Trinajstić information content (AvgIpc) is 3.05. The number of hydrogen-bond donors (Lipinski definition) is 2. The number of carbonyl (C=O) groups is 2. The Bertz CT molecular complexity index is 1040. The van der Waals surface area contributed by atoms with E-state index in [1.807, 2.05) is 0 Å². The lowest BCUT2D eigenvalue weighted by atomic mass is 10.0. The number of rotatable bonds is 7. The molecule has 11 nitrogen and oxygen atoms in total. The van der Waals surface area contributed by atoms with Gasteiger partial charge >= 0.3 is 5.69 Å². The molecular formula is C19H26ClN7O4. The van der Waals surface area contributed by atoms with Gasteiger partial charge in [-0.05, 0) is 18.8 Å². The number of amides is 2. The van der Waals surface area contributed by atoms with Crippen LogP contribution in [0.4, 0.5) is 0 Å². The first-order chi connectivity index (χ1) is 14.9. The third kappa shape index (κ3) is 6.27. The monoisotopic (exact) mass is 451 g/mol. The number of nitrogens with zero attached hydrogens (tertiary/aromatic N) is 5. The minimum atomic E-state index is -0.674. The maximum absolute atomic E-state index is 12.8. The number of hydrogen-bond acceptors (Lipinski definition) is 6. The van der Waals surface area contributed by atoms with Crippen LogP contribution in [0.5, 0.6) is 0 Å². The van der Waals surface area contributed by atoms with Crippen molar-refractivity contribution in [1.29, 1.82) is 0 Å². The summed E-state index contributed by atoms with van der Waals surface area (Å²) in [5.41, 5.74) is -0.663. The second kappa shape index (κ2) is 10.4. The van der Waals surface area contributed by atoms with E-state index in [0.717, 1.165) is 23.8 Å². The first-order valence-corrected chi connectivity index (χ1v) is 10.7. The summed E-state index contributed by atoms with van der Waals surface area (Å²) in [6.45, 7) is 3.67. The van der Waals surface area contributed by atoms with E-state index in [1.165, 1.54) is 6.20 Å². The van der Waals surface area contributed by atoms with Crippen molar-refractivity contribution >= 4 is 23.4 Å². The zero-order valence-corrected chi connectivity index (χ0v) is 18.1. The Balaban J connectivity index is 1.60. The Morgan fingerprint density at radius 1 is 1.29 bits per heavy atom. The molecule has 12 heteroatoms. The maximum Gasteiger partial charge on any atom is 0.328 e. The zero-order valence-electron chi connectivity index (χ0n) is 17.3. The van der Waals surface area contributed by atoms with E-state index in [1.54, 1.807) is 22.7 Å². The van der Waals surface area contributed by atoms with E-state index < -0.39 is 11.2 Å². The van der Waals surface area contributed by atoms with Crippen molar-refractivity contribution in [2.45, 2.75) is 52.2 Å². The molecule has 2 aromatic rings. The highest BCUT2D eigenvalue weighted by Gasteiger charge is 2.23. The van der Waals surface area contributed by atoms with Crippen molar-refractivity contribution in [3.05, 3.63) is 43.9 Å². The Morgan fingerprint density at radius 3 is 2.87 bits per heavy atom. The second-order valence-corrected chi connectivity index (χ2v) is 8.04. The Morgan fingerprint density at radius 2 is 2.10 bits per heavy atom. The molecule has 1 fully saturated rings. The summed E-state index contributed by atoms with van der Waals surface area (Å²) in [6, 6.07) is 0. The van der Waals surface area contributed by atoms with Crippen molar-refractivity contribution in [1.82, 2.24) is 34.8 Å². The van der Waals surface area contributed by atoms with Crippen molar-refractivity contribution in [2.24, 2.45) is 5.92 Å². The number of halogens is 1. The van der Waals surface area contributed by atoms with Crippen molar-refractivity contribution in [3.63, 3.8) is 0 Å². The predicted molar refractivity (Wildman–Crippen MR) is 112 cm³/mol. The molecule has 0 aliphatic carbocycles. The highest BCUT2D eigenvalue weighted by molar-refractivity contribution is 6.30. The third-order valence-corrected chi connectivity index (χ3v) is 5.48. The summed E-state index contributed by atoms with van der Waals surface area (Å²) in [6.07, 6.45) is 6.19. The van der Waals surface area contributed by atoms with Crippen LogP contribution in [0.25, 0.3) is 0 Å². The van der Waals surface area contributed by atoms with Gasteiger partial charge in [0.25, 0.3) is 5.56 Å². The van der Waals surface area contributed by atoms with Gasteiger partial charge < -0.3 is 10.2 Å². The molecule has 2 N–H and O–H groups in total. The molecule has 3 rings (SSSR count). The first kappa shape index (κ1) is 22.7. The van der Waals surface area contributed by atoms with Crippen LogP contribution >= 0.6 is 11.6 Å². The van der Waals surface area contributed by atoms with Crippen LogP contribution < -0.4 is 16.6 Å². The molecule has 0 aromatic carbocycles. The van der Waals surface area contributed by atoms with Crippen LogP contribution in [-0.4, -0.2) is 54.3 Å². The lowest BCUT2D eigenvalue weighted by Gasteiger charge is -2.24. The molecule has 1 aliphatic rings. The van der Waals surface area contributed by atoms with Gasteiger partial charge in [0.05, 0.1) is 12.7 Å². The number of aromatic nitrogens is 5. The van der Waals surface area contributed by atoms with Gasteiger partial charge in [0.15, 0.2) is 0 Å². The second-order valence-electron chi connectivity index (χ2n) is 7.63. The largest absolute Gasteiger partial charge is 0.350 e. The summed E-state index contributed by atoms with van der Waals surface area (Å²) in [5.74, 6) is -0.0730. The molecule has 1 aliphatic heterocycles. The quantitative estimate of drug-likeness (QED) is 0.614. The van der Waals surface area contributed by atoms with Crippen molar-refractivity contribution < 1.29 is 9.59 Å². The van der Waals surface area contributed by atoms with Crippen molar-refractivity contribution in [3.8, 4) is 0 Å². The van der Waals surface area contributed by atoms with Gasteiger partial charge in [-0.3, -0.25) is 28.6 Å². The molecule has 3 heterocycles. The number of aromatic amines is 1. The van der Waals surface area contributed by atoms with Gasteiger partial charge in [-0.15, -0.1) is 5.10 Å². The molecule has 1 atom stereocenters. The number of carbonyl (C=O) groups excluding carboxylic acids is 2. The minimum Gasteiger partial charge on any atom is -0.350 e. The van der Waals surface area contributed by atoms with E-state index >= 15 is 0 Å². The fraction of sp³-hybridized carbons (Fsp3) is 0.579. The SMILES string of the molecule is CCC(=O)NCc1cn(CC2CCCCN(C(=O)Cn3cc(Cl)c(=O)[nH]c3=O)C2)nn1. The fourth-order valence-electron chi connectivity index (χ4n) is 3.54. The molecule has 2 amide bonds. The standard InChI is InChI=1S/C19H26ClN7O4/c1-2-16(28)21-7-14-10-27(24-23-14)9-13-5-3-4-6-25(8-13)17(29)12-26-11-15(20)18(30)22-19(26)31/h10-11,13H,2-9,12H2,1H3,(H,21,28)(H,22,30,31). The van der Waals surface area contributed by atoms with E-state index in [4.69, 9.17) is 11.6 Å². The minimum absolute atomic E-state index is 0.0460. The van der Waals surface area contributed by atoms with Gasteiger partial charge in [0.2, 0.25) is 11.8 Å². The van der Waals surface area contributed by atoms with Gasteiger partial charge in [-0.25, -0.2) is 4.79 Å². The number of nitrogens with one attached hydrogen (secondary N) is 2. The first-order valence-electron chi connectivity index (χ1n) is 10.3. The normalized spacial score (nSPS) is 16.7. The number of likely N-dealkylation sites (tertiary alicyclic amines) is 1. The highest BCUT2D eigenvalue weighted by atomic mass is 35.5. The van der Waals surface area contributed by atoms with Gasteiger partial charge in [-0.2, -0.15) is 0 Å². The van der Waals surface area contributed by atoms with Crippen LogP contribution in [0.3, 0.4) is 0 Å². The lowest BCUT2D eigenvalue weighted by Crippen LogP contribution is -2.40. The molecule has 0 bridgehead atoms. The summed E-state index contributed by atoms with van der Waals surface area (Å²) in [4.78, 5) is 51.4. The fourth-order valence-corrected chi connectivity index (χ4v) is 3.70. The summed E-state index contributed by atoms with van der Waals surface area (Å²) in [5, 5.41) is 10.8. The zero-order chi connectivity index (χ0) is 22.4. The predicted octanol–water partition coefficient (Wildman–Crippen LogP) is 0.137. The van der Waals surface area contributed by atoms with Crippen LogP contribution in [0.1, 0.15) is 38.3 Å². The molecule has 0 radical (unpaired) electrons. The van der Waals surface area contributed by atoms with Gasteiger partial charge in [0.1, 0.15) is 17.3 Å². The molecule has 0 saturated carbocycles. The van der Waals surface area contributed by atoms with E-state index in [-0.39, 0.29) is 29.3 Å². The summed E-state index contributed by atoms with van der Waals surface area (Å²) >= 11 is 5.78. The molecule has 1 saturated heterocycles. The van der Waals surface area contributed by atoms with Crippen molar-refractivity contribution in [2.75, 3.05) is 13.1 Å². The third-order valence-electron chi connectivity index (χ3n) is 5.21. The summed E-state index contributed by atoms with van der Waals surface area (Å²) < 4.78 is 2.85. The Hall–Kier alpha value is -2.95. The van der Waals surface area contributed by atoms with Crippen LogP contribution in [0.2, 0.25) is 5.02 Å². The molecule has 0 spiro atoms. The Kier molecular flexibility index (Phi) is 7.61. The summed E-state index contributed by atoms with van der Waals surface area (Å²) in [7, 11) is 0. The molecule has 2 aromatic heterocycles. The van der Waals surface area contributed by atoms with E-state index in [9.17, 15) is 19.2 Å². The van der Waals surface area contributed by atoms with E-state index in [0.29, 0.717) is 38.3 Å². The highest BCUT2D eigenvalue weighted by Crippen LogP contribution is 2.18. The van der Waals surface area contributed by atoms with Gasteiger partial charge in [-0.1, -0.05) is 30.2 Å². The average molecular weight is 452 g/mol. The smallest absolute Gasteiger partial charge is 0.328 e. The molecule has 31 heavy (non-hydrogen) atoms. The van der Waals surface area contributed by atoms with E-state index in [2.05, 4.69) is 20.6 Å². The maximum atomic E-state index is 12.8. The number of H-pyrrole nitrogens is 1. The lowest BCUT2D eigenvalue weighted by molar-refractivity contribution is -0.132. The van der Waals surface area contributed by atoms with Crippen LogP contribution in [0, 0.1) is 5.92 Å². The topological polar surface area (TPSA) is 135 Å². The van der Waals surface area contributed by atoms with Crippen LogP contribution in [0.15, 0.2) is 22.0 Å². The molecule has 1 unspecified atom stereocenters.